The maximum atomic E-state index is 11.6. The fraction of sp³-hybridized carbons (Fsp3) is 0.923. The molecule has 0 N–H and O–H groups in total. The van der Waals surface area contributed by atoms with Crippen molar-refractivity contribution in [2.24, 2.45) is 5.92 Å². The van der Waals surface area contributed by atoms with E-state index in [-0.39, 0.29) is 23.9 Å². The SMILES string of the molecule is CC(C)(C)OCCOCC(=O)C1CCCC1. The van der Waals surface area contributed by atoms with Crippen LogP contribution >= 0.6 is 0 Å². The first-order valence-corrected chi connectivity index (χ1v) is 6.23. The summed E-state index contributed by atoms with van der Waals surface area (Å²) in [7, 11) is 0. The van der Waals surface area contributed by atoms with Crippen LogP contribution in [0.2, 0.25) is 0 Å². The summed E-state index contributed by atoms with van der Waals surface area (Å²) in [5.41, 5.74) is -0.126. The average molecular weight is 228 g/mol. The second-order valence-electron chi connectivity index (χ2n) is 5.46. The largest absolute Gasteiger partial charge is 0.373 e. The van der Waals surface area contributed by atoms with Gasteiger partial charge < -0.3 is 9.47 Å². The van der Waals surface area contributed by atoms with Gasteiger partial charge in [0.25, 0.3) is 0 Å². The molecule has 0 aromatic rings. The normalized spacial score (nSPS) is 17.9. The van der Waals surface area contributed by atoms with Crippen molar-refractivity contribution in [1.29, 1.82) is 0 Å². The molecular weight excluding hydrogens is 204 g/mol. The van der Waals surface area contributed by atoms with E-state index in [4.69, 9.17) is 9.47 Å². The minimum Gasteiger partial charge on any atom is -0.373 e. The van der Waals surface area contributed by atoms with Crippen LogP contribution in [0, 0.1) is 5.92 Å². The summed E-state index contributed by atoms with van der Waals surface area (Å²) in [6.45, 7) is 7.36. The topological polar surface area (TPSA) is 35.5 Å². The van der Waals surface area contributed by atoms with Crippen LogP contribution in [-0.2, 0) is 14.3 Å². The first-order chi connectivity index (χ1) is 7.49. The van der Waals surface area contributed by atoms with Crippen LogP contribution in [0.25, 0.3) is 0 Å². The summed E-state index contributed by atoms with van der Waals surface area (Å²) < 4.78 is 10.8. The quantitative estimate of drug-likeness (QED) is 0.655. The summed E-state index contributed by atoms with van der Waals surface area (Å²) in [5, 5.41) is 0. The van der Waals surface area contributed by atoms with Crippen molar-refractivity contribution < 1.29 is 14.3 Å². The standard InChI is InChI=1S/C13H24O3/c1-13(2,3)16-9-8-15-10-12(14)11-6-4-5-7-11/h11H,4-10H2,1-3H3. The molecule has 1 saturated carbocycles. The Kier molecular flexibility index (Phi) is 5.42. The molecule has 1 aliphatic carbocycles. The van der Waals surface area contributed by atoms with Crippen molar-refractivity contribution in [3.8, 4) is 0 Å². The maximum Gasteiger partial charge on any atom is 0.161 e. The number of hydrogen-bond donors (Lipinski definition) is 0. The highest BCUT2D eigenvalue weighted by Gasteiger charge is 2.22. The molecule has 0 aromatic heterocycles. The number of ketones is 1. The first kappa shape index (κ1) is 13.7. The van der Waals surface area contributed by atoms with Crippen molar-refractivity contribution in [3.05, 3.63) is 0 Å². The highest BCUT2D eigenvalue weighted by Crippen LogP contribution is 2.25. The van der Waals surface area contributed by atoms with E-state index in [9.17, 15) is 4.79 Å². The van der Waals surface area contributed by atoms with Crippen LogP contribution < -0.4 is 0 Å². The van der Waals surface area contributed by atoms with E-state index >= 15 is 0 Å². The summed E-state index contributed by atoms with van der Waals surface area (Å²) in [6, 6.07) is 0. The second kappa shape index (κ2) is 6.36. The zero-order valence-electron chi connectivity index (χ0n) is 10.8. The predicted octanol–water partition coefficient (Wildman–Crippen LogP) is 2.58. The van der Waals surface area contributed by atoms with E-state index in [1.807, 2.05) is 20.8 Å². The Morgan fingerprint density at radius 3 is 2.38 bits per heavy atom. The highest BCUT2D eigenvalue weighted by atomic mass is 16.5. The van der Waals surface area contributed by atoms with Gasteiger partial charge in [0.1, 0.15) is 6.61 Å². The van der Waals surface area contributed by atoms with E-state index < -0.39 is 0 Å². The van der Waals surface area contributed by atoms with Crippen LogP contribution in [0.5, 0.6) is 0 Å². The molecule has 1 fully saturated rings. The molecule has 0 unspecified atom stereocenters. The number of carbonyl (C=O) groups excluding carboxylic acids is 1. The van der Waals surface area contributed by atoms with Crippen molar-refractivity contribution >= 4 is 5.78 Å². The van der Waals surface area contributed by atoms with Gasteiger partial charge in [0.15, 0.2) is 5.78 Å². The van der Waals surface area contributed by atoms with Crippen LogP contribution in [0.3, 0.4) is 0 Å². The summed E-state index contributed by atoms with van der Waals surface area (Å²) in [5.74, 6) is 0.539. The van der Waals surface area contributed by atoms with Crippen molar-refractivity contribution in [1.82, 2.24) is 0 Å². The van der Waals surface area contributed by atoms with Gasteiger partial charge in [0, 0.05) is 5.92 Å². The molecule has 3 heteroatoms. The third-order valence-corrected chi connectivity index (χ3v) is 2.82. The minimum atomic E-state index is -0.126. The molecule has 0 saturated heterocycles. The molecule has 0 radical (unpaired) electrons. The van der Waals surface area contributed by atoms with E-state index in [0.29, 0.717) is 13.2 Å². The van der Waals surface area contributed by atoms with Gasteiger partial charge in [0.2, 0.25) is 0 Å². The number of hydrogen-bond acceptors (Lipinski definition) is 3. The summed E-state index contributed by atoms with van der Waals surface area (Å²) >= 11 is 0. The zero-order chi connectivity index (χ0) is 12.0. The third kappa shape index (κ3) is 5.61. The molecular formula is C13H24O3. The molecule has 0 amide bonds. The molecule has 0 atom stereocenters. The molecule has 1 rings (SSSR count). The number of ether oxygens (including phenoxy) is 2. The number of rotatable bonds is 6. The lowest BCUT2D eigenvalue weighted by atomic mass is 10.0. The lowest BCUT2D eigenvalue weighted by molar-refractivity contribution is -0.128. The highest BCUT2D eigenvalue weighted by molar-refractivity contribution is 5.82. The van der Waals surface area contributed by atoms with E-state index in [1.54, 1.807) is 0 Å². The van der Waals surface area contributed by atoms with Gasteiger partial charge >= 0.3 is 0 Å². The molecule has 94 valence electrons. The van der Waals surface area contributed by atoms with E-state index in [1.165, 1.54) is 12.8 Å². The predicted molar refractivity (Wildman–Crippen MR) is 63.5 cm³/mol. The number of Topliss-reactive ketones (excluding diaryl/α,β-unsaturated/α-hetero) is 1. The van der Waals surface area contributed by atoms with Gasteiger partial charge in [-0.05, 0) is 33.6 Å². The Morgan fingerprint density at radius 1 is 1.19 bits per heavy atom. The molecule has 0 heterocycles. The molecule has 16 heavy (non-hydrogen) atoms. The summed E-state index contributed by atoms with van der Waals surface area (Å²) in [4.78, 5) is 11.6. The lowest BCUT2D eigenvalue weighted by Crippen LogP contribution is -2.23. The van der Waals surface area contributed by atoms with Crippen LogP contribution in [0.1, 0.15) is 46.5 Å². The smallest absolute Gasteiger partial charge is 0.161 e. The molecule has 0 aliphatic heterocycles. The Labute approximate surface area is 98.5 Å². The molecule has 0 spiro atoms. The van der Waals surface area contributed by atoms with Gasteiger partial charge in [0.05, 0.1) is 18.8 Å². The van der Waals surface area contributed by atoms with Gasteiger partial charge in [-0.15, -0.1) is 0 Å². The second-order valence-corrected chi connectivity index (χ2v) is 5.46. The van der Waals surface area contributed by atoms with Gasteiger partial charge in [-0.25, -0.2) is 0 Å². The minimum absolute atomic E-state index is 0.126. The van der Waals surface area contributed by atoms with Crippen molar-refractivity contribution in [2.75, 3.05) is 19.8 Å². The van der Waals surface area contributed by atoms with Gasteiger partial charge in [-0.3, -0.25) is 4.79 Å². The van der Waals surface area contributed by atoms with Gasteiger partial charge in [-0.2, -0.15) is 0 Å². The molecule has 0 bridgehead atoms. The maximum absolute atomic E-state index is 11.6. The van der Waals surface area contributed by atoms with E-state index in [0.717, 1.165) is 12.8 Å². The number of carbonyl (C=O) groups is 1. The molecule has 3 nitrogen and oxygen atoms in total. The first-order valence-electron chi connectivity index (χ1n) is 6.23. The van der Waals surface area contributed by atoms with Crippen LogP contribution in [0.4, 0.5) is 0 Å². The molecule has 1 aliphatic rings. The Balaban J connectivity index is 2.00. The third-order valence-electron chi connectivity index (χ3n) is 2.82. The fourth-order valence-corrected chi connectivity index (χ4v) is 1.95. The monoisotopic (exact) mass is 228 g/mol. The molecule has 0 aromatic carbocycles. The lowest BCUT2D eigenvalue weighted by Gasteiger charge is -2.19. The Hall–Kier alpha value is -0.410. The van der Waals surface area contributed by atoms with Crippen LogP contribution in [-0.4, -0.2) is 31.2 Å². The van der Waals surface area contributed by atoms with Crippen molar-refractivity contribution in [2.45, 2.75) is 52.1 Å². The fourth-order valence-electron chi connectivity index (χ4n) is 1.95. The van der Waals surface area contributed by atoms with E-state index in [2.05, 4.69) is 0 Å². The van der Waals surface area contributed by atoms with Crippen LogP contribution in [0.15, 0.2) is 0 Å². The zero-order valence-corrected chi connectivity index (χ0v) is 10.8. The van der Waals surface area contributed by atoms with Crippen molar-refractivity contribution in [3.63, 3.8) is 0 Å². The summed E-state index contributed by atoms with van der Waals surface area (Å²) in [6.07, 6.45) is 4.51. The Morgan fingerprint density at radius 2 is 1.81 bits per heavy atom. The average Bonchev–Trinajstić information content (AvgIpc) is 2.67. The Bertz CT molecular complexity index is 212. The van der Waals surface area contributed by atoms with Gasteiger partial charge in [-0.1, -0.05) is 12.8 Å².